The van der Waals surface area contributed by atoms with Gasteiger partial charge in [-0.05, 0) is 12.1 Å². The van der Waals surface area contributed by atoms with Crippen molar-refractivity contribution in [2.75, 3.05) is 33.0 Å². The average molecular weight is 357 g/mol. The second-order valence-corrected chi connectivity index (χ2v) is 6.38. The van der Waals surface area contributed by atoms with E-state index in [2.05, 4.69) is 9.88 Å². The molecule has 1 aromatic carbocycles. The molecule has 1 aliphatic heterocycles. The molecule has 2 heterocycles. The number of hydrogen-bond donors (Lipinski definition) is 2. The van der Waals surface area contributed by atoms with Crippen LogP contribution < -0.4 is 15.2 Å². The molecule has 7 nitrogen and oxygen atoms in total. The van der Waals surface area contributed by atoms with Crippen LogP contribution in [-0.2, 0) is 11.3 Å². The zero-order chi connectivity index (χ0) is 18.7. The predicted octanol–water partition coefficient (Wildman–Crippen LogP) is 1.98. The van der Waals surface area contributed by atoms with Crippen LogP contribution in [0.4, 0.5) is 5.82 Å². The Morgan fingerprint density at radius 3 is 2.73 bits per heavy atom. The molecule has 0 saturated carbocycles. The van der Waals surface area contributed by atoms with Gasteiger partial charge in [-0.15, -0.1) is 0 Å². The molecule has 2 aromatic rings. The SMILES string of the molecule is COc1cccc([C@@H]2CN(Cc3cccnc3N)C[C@H]2C(=O)O)c1OC. The first kappa shape index (κ1) is 18.0. The summed E-state index contributed by atoms with van der Waals surface area (Å²) in [4.78, 5) is 18.1. The zero-order valence-corrected chi connectivity index (χ0v) is 14.9. The molecule has 3 N–H and O–H groups in total. The molecule has 0 amide bonds. The van der Waals surface area contributed by atoms with Crippen LogP contribution in [0.5, 0.6) is 11.5 Å². The number of ether oxygens (including phenoxy) is 2. The summed E-state index contributed by atoms with van der Waals surface area (Å²) >= 11 is 0. The second-order valence-electron chi connectivity index (χ2n) is 6.38. The Bertz CT molecular complexity index is 796. The van der Waals surface area contributed by atoms with Crippen LogP contribution in [0.2, 0.25) is 0 Å². The molecule has 2 atom stereocenters. The lowest BCUT2D eigenvalue weighted by Crippen LogP contribution is -2.23. The molecule has 1 aliphatic rings. The monoisotopic (exact) mass is 357 g/mol. The van der Waals surface area contributed by atoms with Gasteiger partial charge in [0, 0.05) is 42.9 Å². The Labute approximate surface area is 152 Å². The summed E-state index contributed by atoms with van der Waals surface area (Å²) in [5, 5.41) is 9.74. The highest BCUT2D eigenvalue weighted by Crippen LogP contribution is 2.42. The van der Waals surface area contributed by atoms with E-state index >= 15 is 0 Å². The van der Waals surface area contributed by atoms with Crippen molar-refractivity contribution in [1.29, 1.82) is 0 Å². The van der Waals surface area contributed by atoms with Gasteiger partial charge in [0.2, 0.25) is 0 Å². The van der Waals surface area contributed by atoms with E-state index in [1.165, 1.54) is 0 Å². The molecule has 1 fully saturated rings. The third-order valence-corrected chi connectivity index (χ3v) is 4.87. The summed E-state index contributed by atoms with van der Waals surface area (Å²) in [7, 11) is 3.14. The third-order valence-electron chi connectivity index (χ3n) is 4.87. The lowest BCUT2D eigenvalue weighted by molar-refractivity contribution is -0.141. The van der Waals surface area contributed by atoms with E-state index in [-0.39, 0.29) is 5.92 Å². The highest BCUT2D eigenvalue weighted by Gasteiger charge is 2.40. The Kier molecular flexibility index (Phi) is 5.27. The molecular formula is C19H23N3O4. The minimum atomic E-state index is -0.818. The van der Waals surface area contributed by atoms with E-state index < -0.39 is 11.9 Å². The maximum Gasteiger partial charge on any atom is 0.308 e. The number of aromatic nitrogens is 1. The number of nitrogen functional groups attached to an aromatic ring is 1. The number of nitrogens with two attached hydrogens (primary N) is 1. The van der Waals surface area contributed by atoms with Gasteiger partial charge in [-0.1, -0.05) is 18.2 Å². The van der Waals surface area contributed by atoms with Gasteiger partial charge in [0.05, 0.1) is 20.1 Å². The van der Waals surface area contributed by atoms with Crippen molar-refractivity contribution in [2.24, 2.45) is 5.92 Å². The van der Waals surface area contributed by atoms with Crippen molar-refractivity contribution in [3.05, 3.63) is 47.7 Å². The second kappa shape index (κ2) is 7.61. The Morgan fingerprint density at radius 2 is 2.08 bits per heavy atom. The molecule has 7 heteroatoms. The van der Waals surface area contributed by atoms with Gasteiger partial charge in [0.15, 0.2) is 11.5 Å². The number of carbonyl (C=O) groups is 1. The summed E-state index contributed by atoms with van der Waals surface area (Å²) in [6.07, 6.45) is 1.65. The molecule has 26 heavy (non-hydrogen) atoms. The van der Waals surface area contributed by atoms with Gasteiger partial charge >= 0.3 is 5.97 Å². The van der Waals surface area contributed by atoms with E-state index in [0.717, 1.165) is 11.1 Å². The van der Waals surface area contributed by atoms with E-state index in [1.54, 1.807) is 26.5 Å². The zero-order valence-electron chi connectivity index (χ0n) is 14.9. The Hall–Kier alpha value is -2.80. The van der Waals surface area contributed by atoms with Crippen molar-refractivity contribution in [2.45, 2.75) is 12.5 Å². The minimum absolute atomic E-state index is 0.199. The average Bonchev–Trinajstić information content (AvgIpc) is 3.07. The molecule has 1 saturated heterocycles. The first-order valence-corrected chi connectivity index (χ1v) is 8.40. The van der Waals surface area contributed by atoms with E-state index in [0.29, 0.717) is 37.0 Å². The summed E-state index contributed by atoms with van der Waals surface area (Å²) in [6, 6.07) is 9.32. The van der Waals surface area contributed by atoms with Crippen molar-refractivity contribution in [3.8, 4) is 11.5 Å². The highest BCUT2D eigenvalue weighted by molar-refractivity contribution is 5.73. The van der Waals surface area contributed by atoms with Crippen LogP contribution in [0.15, 0.2) is 36.5 Å². The van der Waals surface area contributed by atoms with Crippen molar-refractivity contribution in [1.82, 2.24) is 9.88 Å². The van der Waals surface area contributed by atoms with E-state index in [4.69, 9.17) is 15.2 Å². The number of carboxylic acid groups (broad SMARTS) is 1. The Morgan fingerprint density at radius 1 is 1.27 bits per heavy atom. The van der Waals surface area contributed by atoms with E-state index in [1.807, 2.05) is 24.3 Å². The fourth-order valence-electron chi connectivity index (χ4n) is 3.61. The standard InChI is InChI=1S/C19H23N3O4/c1-25-16-7-3-6-13(17(16)26-2)14-10-22(11-15(14)19(23)24)9-12-5-4-8-21-18(12)20/h3-8,14-15H,9-11H2,1-2H3,(H2,20,21)(H,23,24)/t14-,15+/m0/s1. The number of hydrogen-bond acceptors (Lipinski definition) is 6. The van der Waals surface area contributed by atoms with Crippen LogP contribution in [0.25, 0.3) is 0 Å². The number of para-hydroxylation sites is 1. The number of carboxylic acids is 1. The number of rotatable bonds is 6. The van der Waals surface area contributed by atoms with Gasteiger partial charge in [0.25, 0.3) is 0 Å². The number of benzene rings is 1. The summed E-state index contributed by atoms with van der Waals surface area (Å²) in [5.41, 5.74) is 7.68. The summed E-state index contributed by atoms with van der Waals surface area (Å²) in [5.74, 6) is 0.116. The Balaban J connectivity index is 1.89. The number of aliphatic carboxylic acids is 1. The first-order chi connectivity index (χ1) is 12.5. The van der Waals surface area contributed by atoms with Crippen molar-refractivity contribution >= 4 is 11.8 Å². The molecule has 138 valence electrons. The van der Waals surface area contributed by atoms with Gasteiger partial charge in [0.1, 0.15) is 5.82 Å². The van der Waals surface area contributed by atoms with Gasteiger partial charge in [-0.25, -0.2) is 4.98 Å². The van der Waals surface area contributed by atoms with Crippen LogP contribution in [0, 0.1) is 5.92 Å². The highest BCUT2D eigenvalue weighted by atomic mass is 16.5. The minimum Gasteiger partial charge on any atom is -0.493 e. The number of methoxy groups -OCH3 is 2. The fourth-order valence-corrected chi connectivity index (χ4v) is 3.61. The largest absolute Gasteiger partial charge is 0.493 e. The lowest BCUT2D eigenvalue weighted by atomic mass is 9.88. The third kappa shape index (κ3) is 3.43. The van der Waals surface area contributed by atoms with Gasteiger partial charge in [-0.3, -0.25) is 9.69 Å². The number of pyridine rings is 1. The van der Waals surface area contributed by atoms with E-state index in [9.17, 15) is 9.90 Å². The quantitative estimate of drug-likeness (QED) is 0.816. The number of anilines is 1. The molecule has 1 aromatic heterocycles. The fraction of sp³-hybridized carbons (Fsp3) is 0.368. The van der Waals surface area contributed by atoms with Crippen LogP contribution >= 0.6 is 0 Å². The molecule has 0 bridgehead atoms. The van der Waals surface area contributed by atoms with Crippen molar-refractivity contribution in [3.63, 3.8) is 0 Å². The molecule has 3 rings (SSSR count). The van der Waals surface area contributed by atoms with Crippen LogP contribution in [-0.4, -0.2) is 48.3 Å². The first-order valence-electron chi connectivity index (χ1n) is 8.40. The predicted molar refractivity (Wildman–Crippen MR) is 97.3 cm³/mol. The summed E-state index contributed by atoms with van der Waals surface area (Å²) < 4.78 is 10.9. The molecule has 0 radical (unpaired) electrons. The van der Waals surface area contributed by atoms with Crippen LogP contribution in [0.1, 0.15) is 17.0 Å². The van der Waals surface area contributed by atoms with Crippen molar-refractivity contribution < 1.29 is 19.4 Å². The lowest BCUT2D eigenvalue weighted by Gasteiger charge is -2.20. The van der Waals surface area contributed by atoms with Crippen LogP contribution in [0.3, 0.4) is 0 Å². The maximum absolute atomic E-state index is 11.9. The smallest absolute Gasteiger partial charge is 0.308 e. The van der Waals surface area contributed by atoms with Gasteiger partial charge < -0.3 is 20.3 Å². The molecular weight excluding hydrogens is 334 g/mol. The number of likely N-dealkylation sites (tertiary alicyclic amines) is 1. The normalized spacial score (nSPS) is 20.1. The molecule has 0 aliphatic carbocycles. The topological polar surface area (TPSA) is 97.9 Å². The number of nitrogens with zero attached hydrogens (tertiary/aromatic N) is 2. The summed E-state index contributed by atoms with van der Waals surface area (Å²) in [6.45, 7) is 1.59. The molecule has 0 spiro atoms. The van der Waals surface area contributed by atoms with Gasteiger partial charge in [-0.2, -0.15) is 0 Å². The molecule has 0 unspecified atom stereocenters. The maximum atomic E-state index is 11.9.